The Bertz CT molecular complexity index is 1440. The van der Waals surface area contributed by atoms with E-state index in [-0.39, 0.29) is 5.41 Å². The first-order valence-corrected chi connectivity index (χ1v) is 20.3. The minimum absolute atomic E-state index is 0.192. The molecule has 0 atom stereocenters. The molecule has 5 aromatic rings. The van der Waals surface area contributed by atoms with Crippen molar-refractivity contribution < 1.29 is 20.8 Å². The van der Waals surface area contributed by atoms with Gasteiger partial charge in [0.2, 0.25) is 0 Å². The summed E-state index contributed by atoms with van der Waals surface area (Å²) < 4.78 is 0. The van der Waals surface area contributed by atoms with Gasteiger partial charge in [0.25, 0.3) is 0 Å². The zero-order valence-corrected chi connectivity index (χ0v) is 27.4. The number of fused-ring (bicyclic) bond motifs is 4. The molecule has 0 saturated heterocycles. The van der Waals surface area contributed by atoms with Crippen LogP contribution in [-0.4, -0.2) is 9.52 Å². The Morgan fingerprint density at radius 1 is 0.868 bits per heavy atom. The SMILES string of the molecule is CCCc1ccc2[cH-]c(C(C)(C)C)cc2c1-c1ccccc1.[Cl][Zr+2][Cl].[c-]1cccc2c1[Si]c1ccccc1-2. The van der Waals surface area contributed by atoms with Gasteiger partial charge in [-0.3, -0.25) is 0 Å². The molecule has 190 valence electrons. The average Bonchev–Trinajstić information content (AvgIpc) is 3.52. The summed E-state index contributed by atoms with van der Waals surface area (Å²) in [4.78, 5) is 0. The van der Waals surface area contributed by atoms with Gasteiger partial charge in [0.05, 0.1) is 9.52 Å². The van der Waals surface area contributed by atoms with Gasteiger partial charge in [0.1, 0.15) is 0 Å². The second kappa shape index (κ2) is 13.5. The third-order valence-corrected chi connectivity index (χ3v) is 8.13. The first-order valence-electron chi connectivity index (χ1n) is 13.0. The zero-order chi connectivity index (χ0) is 27.1. The molecule has 0 fully saturated rings. The van der Waals surface area contributed by atoms with E-state index in [4.69, 9.17) is 17.0 Å². The molecular weight excluding hydrogens is 599 g/mol. The Kier molecular flexibility index (Phi) is 10.4. The van der Waals surface area contributed by atoms with Crippen LogP contribution in [0.3, 0.4) is 0 Å². The van der Waals surface area contributed by atoms with Crippen molar-refractivity contribution in [3.05, 3.63) is 114 Å². The maximum Gasteiger partial charge on any atom is 0.0920 e. The van der Waals surface area contributed by atoms with Crippen molar-refractivity contribution in [2.24, 2.45) is 0 Å². The van der Waals surface area contributed by atoms with Crippen LogP contribution in [0.25, 0.3) is 33.0 Å². The Hall–Kier alpha value is -1.83. The molecule has 0 nitrogen and oxygen atoms in total. The minimum atomic E-state index is -0.826. The van der Waals surface area contributed by atoms with Crippen LogP contribution in [0, 0.1) is 6.07 Å². The fourth-order valence-corrected chi connectivity index (χ4v) is 6.22. The van der Waals surface area contributed by atoms with Crippen LogP contribution >= 0.6 is 17.0 Å². The maximum atomic E-state index is 4.93. The second-order valence-corrected chi connectivity index (χ2v) is 15.4. The van der Waals surface area contributed by atoms with E-state index in [0.717, 1.165) is 15.9 Å². The molecule has 38 heavy (non-hydrogen) atoms. The predicted octanol–water partition coefficient (Wildman–Crippen LogP) is 8.97. The topological polar surface area (TPSA) is 0 Å². The molecule has 1 heterocycles. The summed E-state index contributed by atoms with van der Waals surface area (Å²) >= 11 is -0.826. The van der Waals surface area contributed by atoms with Gasteiger partial charge in [-0.1, -0.05) is 111 Å². The van der Waals surface area contributed by atoms with Gasteiger partial charge in [-0.05, 0) is 17.4 Å². The van der Waals surface area contributed by atoms with E-state index in [1.807, 2.05) is 6.07 Å². The molecule has 0 aromatic heterocycles. The Balaban J connectivity index is 0.000000177. The molecule has 0 N–H and O–H groups in total. The molecule has 2 radical (unpaired) electrons. The normalized spacial score (nSPS) is 11.4. The zero-order valence-electron chi connectivity index (χ0n) is 22.4. The fourth-order valence-electron chi connectivity index (χ4n) is 4.91. The van der Waals surface area contributed by atoms with Gasteiger partial charge in [-0.15, -0.1) is 40.1 Å². The monoisotopic (exact) mass is 628 g/mol. The van der Waals surface area contributed by atoms with Gasteiger partial charge < -0.3 is 0 Å². The maximum absolute atomic E-state index is 4.93. The largest absolute Gasteiger partial charge is 0.184 e. The number of hydrogen-bond donors (Lipinski definition) is 0. The summed E-state index contributed by atoms with van der Waals surface area (Å²) in [6, 6.07) is 38.4. The molecule has 5 aromatic carbocycles. The summed E-state index contributed by atoms with van der Waals surface area (Å²) in [6.07, 6.45) is 2.31. The Labute approximate surface area is 249 Å². The van der Waals surface area contributed by atoms with E-state index < -0.39 is 20.8 Å². The van der Waals surface area contributed by atoms with E-state index in [1.54, 1.807) is 0 Å². The smallest absolute Gasteiger partial charge is 0.0920 e. The number of rotatable bonds is 3. The van der Waals surface area contributed by atoms with E-state index in [2.05, 4.69) is 125 Å². The first-order chi connectivity index (χ1) is 18.4. The summed E-state index contributed by atoms with van der Waals surface area (Å²) in [5.74, 6) is 0. The van der Waals surface area contributed by atoms with Crippen LogP contribution in [-0.2, 0) is 32.7 Å². The van der Waals surface area contributed by atoms with Crippen molar-refractivity contribution in [1.29, 1.82) is 0 Å². The van der Waals surface area contributed by atoms with Gasteiger partial charge >= 0.3 is 37.9 Å². The van der Waals surface area contributed by atoms with Crippen molar-refractivity contribution in [3.8, 4) is 22.3 Å². The first kappa shape index (κ1) is 29.2. The van der Waals surface area contributed by atoms with E-state index in [0.29, 0.717) is 0 Å². The average molecular weight is 631 g/mol. The minimum Gasteiger partial charge on any atom is -0.184 e. The summed E-state index contributed by atoms with van der Waals surface area (Å²) in [7, 11) is 10.7. The van der Waals surface area contributed by atoms with Crippen molar-refractivity contribution in [2.75, 3.05) is 0 Å². The van der Waals surface area contributed by atoms with Crippen LogP contribution in [0.5, 0.6) is 0 Å². The van der Waals surface area contributed by atoms with E-state index in [1.165, 1.54) is 60.9 Å². The molecule has 0 unspecified atom stereocenters. The standard InChI is InChI=1S/C22H25.C12H7Si.2ClH.Zr/c1-5-9-16-12-13-18-14-19(22(2,3)4)15-20(18)21(16)17-10-7-6-8-11-17;1-3-7-11-9(5-1)10-6-2-4-8-12(10)13-11;;;/h6-8,10-15H,5,9H2,1-4H3;1-7H;2*1H;/q2*-1;;;+4/p-2. The van der Waals surface area contributed by atoms with Crippen LogP contribution in [0.2, 0.25) is 0 Å². The molecule has 4 heteroatoms. The van der Waals surface area contributed by atoms with Gasteiger partial charge in [-0.2, -0.15) is 35.5 Å². The summed E-state index contributed by atoms with van der Waals surface area (Å²) in [5, 5.41) is 5.59. The van der Waals surface area contributed by atoms with Crippen molar-refractivity contribution in [3.63, 3.8) is 0 Å². The molecule has 0 amide bonds. The third-order valence-electron chi connectivity index (χ3n) is 6.76. The number of hydrogen-bond acceptors (Lipinski definition) is 0. The van der Waals surface area contributed by atoms with Gasteiger partial charge in [0.15, 0.2) is 0 Å². The molecule has 0 aliphatic carbocycles. The molecule has 0 spiro atoms. The van der Waals surface area contributed by atoms with Crippen molar-refractivity contribution in [1.82, 2.24) is 0 Å². The van der Waals surface area contributed by atoms with Crippen LogP contribution in [0.4, 0.5) is 0 Å². The molecule has 0 bridgehead atoms. The quantitative estimate of drug-likeness (QED) is 0.135. The second-order valence-electron chi connectivity index (χ2n) is 10.4. The van der Waals surface area contributed by atoms with Crippen molar-refractivity contribution in [2.45, 2.75) is 46.0 Å². The van der Waals surface area contributed by atoms with Gasteiger partial charge in [-0.25, -0.2) is 0 Å². The molecule has 1 aliphatic rings. The van der Waals surface area contributed by atoms with Gasteiger partial charge in [0, 0.05) is 0 Å². The molecule has 6 rings (SSSR count). The third kappa shape index (κ3) is 6.83. The number of benzene rings is 4. The summed E-state index contributed by atoms with van der Waals surface area (Å²) in [5.41, 5.74) is 8.61. The molecule has 0 saturated carbocycles. The Morgan fingerprint density at radius 2 is 1.55 bits per heavy atom. The Morgan fingerprint density at radius 3 is 2.26 bits per heavy atom. The van der Waals surface area contributed by atoms with Crippen molar-refractivity contribution >= 4 is 47.7 Å². The summed E-state index contributed by atoms with van der Waals surface area (Å²) in [6.45, 7) is 9.12. The molecular formula is C34H32Cl2SiZr. The van der Waals surface area contributed by atoms with E-state index >= 15 is 0 Å². The number of aryl methyl sites for hydroxylation is 1. The fraction of sp³-hybridized carbons (Fsp3) is 0.206. The van der Waals surface area contributed by atoms with Crippen LogP contribution in [0.1, 0.15) is 45.2 Å². The molecule has 1 aliphatic heterocycles. The predicted molar refractivity (Wildman–Crippen MR) is 165 cm³/mol. The van der Waals surface area contributed by atoms with E-state index in [9.17, 15) is 0 Å². The van der Waals surface area contributed by atoms with Crippen LogP contribution in [0.15, 0.2) is 97.1 Å². The van der Waals surface area contributed by atoms with Crippen LogP contribution < -0.4 is 10.4 Å². The number of halogens is 2.